The second-order valence-electron chi connectivity index (χ2n) is 13.6. The maximum absolute atomic E-state index is 12.8. The summed E-state index contributed by atoms with van der Waals surface area (Å²) >= 11 is 1.55. The molecule has 0 aliphatic heterocycles. The van der Waals surface area contributed by atoms with Crippen LogP contribution >= 0.6 is 11.8 Å². The Kier molecular flexibility index (Phi) is 8.23. The highest BCUT2D eigenvalue weighted by Gasteiger charge is 2.57. The molecule has 4 bridgehead atoms. The van der Waals surface area contributed by atoms with Crippen LogP contribution in [0, 0.1) is 37.7 Å². The number of carbonyl (C=O) groups excluding carboxylic acids is 1. The van der Waals surface area contributed by atoms with Gasteiger partial charge in [0.15, 0.2) is 13.7 Å². The van der Waals surface area contributed by atoms with Gasteiger partial charge in [-0.25, -0.2) is 4.79 Å². The average Bonchev–Trinajstić information content (AvgIpc) is 2.92. The summed E-state index contributed by atoms with van der Waals surface area (Å²) in [5.74, 6) is 3.24. The minimum absolute atomic E-state index is 0.0307. The lowest BCUT2D eigenvalue weighted by atomic mass is 9.50. The first-order valence-corrected chi connectivity index (χ1v) is 18.0. The summed E-state index contributed by atoms with van der Waals surface area (Å²) in [6, 6.07) is 24.1. The van der Waals surface area contributed by atoms with Crippen molar-refractivity contribution in [2.75, 3.05) is 6.61 Å². The van der Waals surface area contributed by atoms with Crippen molar-refractivity contribution in [1.29, 1.82) is 0 Å². The molecule has 0 heterocycles. The summed E-state index contributed by atoms with van der Waals surface area (Å²) < 4.78 is 14.9. The van der Waals surface area contributed by atoms with Gasteiger partial charge in [-0.15, -0.1) is 0 Å². The predicted octanol–water partition coefficient (Wildman–Crippen LogP) is 5.71. The number of carbonyl (C=O) groups is 1. The third kappa shape index (κ3) is 6.51. The first-order valence-electron chi connectivity index (χ1n) is 15.0. The Bertz CT molecular complexity index is 1360. The van der Waals surface area contributed by atoms with Crippen molar-refractivity contribution in [2.24, 2.45) is 23.7 Å². The van der Waals surface area contributed by atoms with E-state index < -0.39 is 0 Å². The number of ether oxygens (including phenoxy) is 2. The third-order valence-electron chi connectivity index (χ3n) is 9.56. The number of halogens is 1. The largest absolute Gasteiger partial charge is 0.482 e. The van der Waals surface area contributed by atoms with Gasteiger partial charge in [0.25, 0.3) is 0 Å². The second-order valence-corrected chi connectivity index (χ2v) is 17.7. The zero-order valence-corrected chi connectivity index (χ0v) is 27.9. The van der Waals surface area contributed by atoms with Crippen LogP contribution in [0.5, 0.6) is 5.75 Å². The van der Waals surface area contributed by atoms with E-state index in [1.54, 1.807) is 11.8 Å². The predicted molar refractivity (Wildman–Crippen MR) is 161 cm³/mol. The third-order valence-corrected chi connectivity index (χ3v) is 13.7. The Morgan fingerprint density at radius 2 is 1.49 bits per heavy atom. The van der Waals surface area contributed by atoms with Gasteiger partial charge in [0, 0.05) is 15.4 Å². The van der Waals surface area contributed by atoms with Gasteiger partial charge in [-0.3, -0.25) is 0 Å². The molecule has 4 aliphatic rings. The SMILES string of the molecule is Cc1cc(Sc2ccc(OCC(=O)OC3(C)C4CC5CC(C4)CC3C5)cc2)ccc1[I+]c1ccc(C(C)(C)C)cc1. The lowest BCUT2D eigenvalue weighted by Crippen LogP contribution is -3.61. The molecule has 0 N–H and O–H groups in total. The van der Waals surface area contributed by atoms with Crippen LogP contribution < -0.4 is 25.9 Å². The number of hydrogen-bond acceptors (Lipinski definition) is 4. The van der Waals surface area contributed by atoms with Gasteiger partial charge < -0.3 is 9.47 Å². The summed E-state index contributed by atoms with van der Waals surface area (Å²) in [6.45, 7) is 11.2. The number of aryl methyl sites for hydroxylation is 1. The van der Waals surface area contributed by atoms with E-state index in [4.69, 9.17) is 9.47 Å². The maximum Gasteiger partial charge on any atom is 0.358 e. The standard InChI is InChI=1S/C36H42IO3S/c1-23-16-32(14-15-33(23)37-29-8-6-26(7-9-29)35(2,3)4)41-31-12-10-30(11-13-31)39-22-34(38)40-36(5)27-18-24-17-25(20-27)21-28(36)19-24/h6-16,24-25,27-28H,17-22H2,1-5H3/q+1. The van der Waals surface area contributed by atoms with Crippen LogP contribution in [0.25, 0.3) is 0 Å². The summed E-state index contributed by atoms with van der Waals surface area (Å²) in [7, 11) is 0. The molecule has 7 rings (SSSR count). The minimum atomic E-state index is -0.305. The molecule has 4 fully saturated rings. The van der Waals surface area contributed by atoms with E-state index in [-0.39, 0.29) is 44.8 Å². The first-order chi connectivity index (χ1) is 19.5. The molecule has 0 unspecified atom stereocenters. The van der Waals surface area contributed by atoms with Crippen molar-refractivity contribution in [1.82, 2.24) is 0 Å². The fourth-order valence-corrected chi connectivity index (χ4v) is 10.6. The molecule has 41 heavy (non-hydrogen) atoms. The van der Waals surface area contributed by atoms with Crippen molar-refractivity contribution < 1.29 is 35.5 Å². The summed E-state index contributed by atoms with van der Waals surface area (Å²) in [5.41, 5.74) is 2.63. The Hall–Kier alpha value is -1.99. The number of benzene rings is 3. The number of hydrogen-bond donors (Lipinski definition) is 0. The van der Waals surface area contributed by atoms with Crippen molar-refractivity contribution in [3.63, 3.8) is 0 Å². The van der Waals surface area contributed by atoms with Gasteiger partial charge in [-0.05, 0) is 135 Å². The first kappa shape index (κ1) is 29.1. The number of rotatable bonds is 8. The van der Waals surface area contributed by atoms with Crippen LogP contribution in [-0.4, -0.2) is 18.2 Å². The van der Waals surface area contributed by atoms with Crippen molar-refractivity contribution in [3.8, 4) is 5.75 Å². The van der Waals surface area contributed by atoms with Gasteiger partial charge >= 0.3 is 27.2 Å². The lowest BCUT2D eigenvalue weighted by molar-refractivity contribution is -0.598. The van der Waals surface area contributed by atoms with Crippen molar-refractivity contribution >= 4 is 17.7 Å². The van der Waals surface area contributed by atoms with Gasteiger partial charge in [0.2, 0.25) is 0 Å². The average molecular weight is 682 g/mol. The van der Waals surface area contributed by atoms with E-state index in [9.17, 15) is 4.79 Å². The van der Waals surface area contributed by atoms with Crippen molar-refractivity contribution in [3.05, 3.63) is 85.0 Å². The maximum atomic E-state index is 12.8. The summed E-state index contributed by atoms with van der Waals surface area (Å²) in [6.07, 6.45) is 6.31. The molecule has 4 saturated carbocycles. The Morgan fingerprint density at radius 3 is 2.07 bits per heavy atom. The van der Waals surface area contributed by atoms with E-state index in [0.717, 1.165) is 16.7 Å². The molecular weight excluding hydrogens is 639 g/mol. The Labute approximate surface area is 260 Å². The molecule has 216 valence electrons. The topological polar surface area (TPSA) is 35.5 Å². The van der Waals surface area contributed by atoms with E-state index in [2.05, 4.69) is 89.2 Å². The zero-order chi connectivity index (χ0) is 28.8. The molecule has 0 amide bonds. The van der Waals surface area contributed by atoms with E-state index in [1.165, 1.54) is 55.3 Å². The smallest absolute Gasteiger partial charge is 0.358 e. The number of esters is 1. The molecule has 0 radical (unpaired) electrons. The molecule has 3 nitrogen and oxygen atoms in total. The highest BCUT2D eigenvalue weighted by atomic mass is 127. The van der Waals surface area contributed by atoms with Gasteiger partial charge in [-0.1, -0.05) is 44.7 Å². The molecule has 0 aromatic heterocycles. The summed E-state index contributed by atoms with van der Waals surface area (Å²) in [4.78, 5) is 15.2. The summed E-state index contributed by atoms with van der Waals surface area (Å²) in [5, 5.41) is 0. The van der Waals surface area contributed by atoms with Crippen molar-refractivity contribution in [2.45, 2.75) is 87.5 Å². The fraction of sp³-hybridized carbons (Fsp3) is 0.472. The van der Waals surface area contributed by atoms with Crippen LogP contribution in [0.4, 0.5) is 0 Å². The zero-order valence-electron chi connectivity index (χ0n) is 24.9. The van der Waals surface area contributed by atoms with Gasteiger partial charge in [0.05, 0.1) is 0 Å². The molecular formula is C36H42IO3S+. The van der Waals surface area contributed by atoms with E-state index >= 15 is 0 Å². The lowest BCUT2D eigenvalue weighted by Gasteiger charge is -2.59. The molecule has 0 spiro atoms. The van der Waals surface area contributed by atoms with Crippen LogP contribution in [0.2, 0.25) is 0 Å². The highest BCUT2D eigenvalue weighted by molar-refractivity contribution is 7.99. The van der Waals surface area contributed by atoms with E-state index in [1.807, 2.05) is 12.1 Å². The Morgan fingerprint density at radius 1 is 0.878 bits per heavy atom. The molecule has 0 atom stereocenters. The minimum Gasteiger partial charge on any atom is -0.482 e. The van der Waals surface area contributed by atoms with Crippen LogP contribution in [-0.2, 0) is 14.9 Å². The molecule has 5 heteroatoms. The molecule has 4 aliphatic carbocycles. The van der Waals surface area contributed by atoms with E-state index in [0.29, 0.717) is 17.6 Å². The fourth-order valence-electron chi connectivity index (χ4n) is 7.36. The molecule has 3 aromatic carbocycles. The molecule has 3 aromatic rings. The highest BCUT2D eigenvalue weighted by Crippen LogP contribution is 2.59. The van der Waals surface area contributed by atoms with Crippen LogP contribution in [0.1, 0.15) is 70.9 Å². The van der Waals surface area contributed by atoms with Gasteiger partial charge in [0.1, 0.15) is 11.4 Å². The monoisotopic (exact) mass is 681 g/mol. The van der Waals surface area contributed by atoms with Crippen LogP contribution in [0.15, 0.2) is 76.5 Å². The normalized spacial score (nSPS) is 26.7. The quantitative estimate of drug-likeness (QED) is 0.226. The van der Waals surface area contributed by atoms with Crippen LogP contribution in [0.3, 0.4) is 0 Å². The second kappa shape index (κ2) is 11.6. The molecule has 0 saturated heterocycles. The Balaban J connectivity index is 1.00. The van der Waals surface area contributed by atoms with Gasteiger partial charge in [-0.2, -0.15) is 0 Å².